The van der Waals surface area contributed by atoms with Crippen LogP contribution in [0.4, 0.5) is 0 Å². The first-order valence-corrected chi connectivity index (χ1v) is 9.36. The van der Waals surface area contributed by atoms with Crippen molar-refractivity contribution < 1.29 is 14.3 Å². The molecule has 0 bridgehead atoms. The molecule has 5 heteroatoms. The summed E-state index contributed by atoms with van der Waals surface area (Å²) in [7, 11) is 1.56. The van der Waals surface area contributed by atoms with Crippen molar-refractivity contribution in [2.75, 3.05) is 13.7 Å². The third-order valence-electron chi connectivity index (χ3n) is 4.51. The van der Waals surface area contributed by atoms with Gasteiger partial charge in [-0.25, -0.2) is 0 Å². The van der Waals surface area contributed by atoms with Crippen molar-refractivity contribution >= 4 is 16.7 Å². The maximum absolute atomic E-state index is 12.8. The Morgan fingerprint density at radius 2 is 1.75 bits per heavy atom. The number of hydrogen-bond donors (Lipinski definition) is 2. The topological polar surface area (TPSA) is 73.6 Å². The van der Waals surface area contributed by atoms with Crippen molar-refractivity contribution in [3.8, 4) is 11.5 Å². The quantitative estimate of drug-likeness (QED) is 0.650. The van der Waals surface area contributed by atoms with Gasteiger partial charge in [-0.3, -0.25) is 4.79 Å². The molecule has 1 atom stereocenters. The molecule has 1 amide bonds. The van der Waals surface area contributed by atoms with E-state index in [1.165, 1.54) is 0 Å². The second-order valence-corrected chi connectivity index (χ2v) is 6.90. The number of carbonyl (C=O) groups is 1. The second-order valence-electron chi connectivity index (χ2n) is 6.90. The van der Waals surface area contributed by atoms with E-state index >= 15 is 0 Å². The predicted octanol–water partition coefficient (Wildman–Crippen LogP) is 4.07. The Bertz CT molecular complexity index is 969. The minimum absolute atomic E-state index is 0.0168. The van der Waals surface area contributed by atoms with Crippen LogP contribution in [0, 0.1) is 0 Å². The highest BCUT2D eigenvalue weighted by molar-refractivity contribution is 5.95. The van der Waals surface area contributed by atoms with Crippen LogP contribution in [0.1, 0.15) is 35.8 Å². The summed E-state index contributed by atoms with van der Waals surface area (Å²) in [6.07, 6.45) is 0.0168. The van der Waals surface area contributed by atoms with Gasteiger partial charge in [0.25, 0.3) is 5.91 Å². The number of hydrogen-bond acceptors (Lipinski definition) is 4. The predicted molar refractivity (Wildman–Crippen MR) is 112 cm³/mol. The van der Waals surface area contributed by atoms with E-state index in [4.69, 9.17) is 15.2 Å². The van der Waals surface area contributed by atoms with Gasteiger partial charge in [-0.1, -0.05) is 36.4 Å². The molecule has 3 aromatic rings. The lowest BCUT2D eigenvalue weighted by atomic mass is 10.0. The van der Waals surface area contributed by atoms with Gasteiger partial charge >= 0.3 is 0 Å². The highest BCUT2D eigenvalue weighted by atomic mass is 16.5. The normalized spacial score (nSPS) is 12.0. The van der Waals surface area contributed by atoms with Crippen LogP contribution in [-0.2, 0) is 0 Å². The molecule has 0 heterocycles. The zero-order valence-electron chi connectivity index (χ0n) is 16.4. The first-order valence-electron chi connectivity index (χ1n) is 9.36. The van der Waals surface area contributed by atoms with Crippen molar-refractivity contribution in [3.05, 3.63) is 71.8 Å². The standard InChI is InChI=1S/C23H26N2O3/c1-15(2)28-21-11-10-19(13-22(21)27-3)23(26)25-20(14-24)18-9-8-16-6-4-5-7-17(16)12-18/h4-13,15,20H,14,24H2,1-3H3,(H,25,26). The Morgan fingerprint density at radius 1 is 1.00 bits per heavy atom. The highest BCUT2D eigenvalue weighted by Gasteiger charge is 2.17. The average molecular weight is 378 g/mol. The minimum atomic E-state index is -0.283. The number of fused-ring (bicyclic) bond motifs is 1. The summed E-state index contributed by atoms with van der Waals surface area (Å²) < 4.78 is 11.1. The molecule has 3 rings (SSSR count). The van der Waals surface area contributed by atoms with Crippen LogP contribution in [0.15, 0.2) is 60.7 Å². The molecule has 0 aliphatic heterocycles. The molecule has 28 heavy (non-hydrogen) atoms. The van der Waals surface area contributed by atoms with Gasteiger partial charge in [0.1, 0.15) is 0 Å². The van der Waals surface area contributed by atoms with Crippen LogP contribution in [-0.4, -0.2) is 25.7 Å². The molecule has 0 aliphatic rings. The molecule has 3 aromatic carbocycles. The summed E-state index contributed by atoms with van der Waals surface area (Å²) in [4.78, 5) is 12.8. The fraction of sp³-hybridized carbons (Fsp3) is 0.261. The maximum Gasteiger partial charge on any atom is 0.251 e. The van der Waals surface area contributed by atoms with Gasteiger partial charge in [0, 0.05) is 12.1 Å². The van der Waals surface area contributed by atoms with Crippen LogP contribution < -0.4 is 20.5 Å². The fourth-order valence-electron chi connectivity index (χ4n) is 3.10. The minimum Gasteiger partial charge on any atom is -0.493 e. The number of methoxy groups -OCH3 is 1. The molecule has 3 N–H and O–H groups in total. The van der Waals surface area contributed by atoms with Gasteiger partial charge in [0.15, 0.2) is 11.5 Å². The van der Waals surface area contributed by atoms with Crippen LogP contribution in [0.5, 0.6) is 11.5 Å². The van der Waals surface area contributed by atoms with Crippen LogP contribution in [0.3, 0.4) is 0 Å². The molecule has 0 saturated carbocycles. The van der Waals surface area contributed by atoms with E-state index in [1.807, 2.05) is 44.2 Å². The van der Waals surface area contributed by atoms with Gasteiger partial charge in [-0.2, -0.15) is 0 Å². The SMILES string of the molecule is COc1cc(C(=O)NC(CN)c2ccc3ccccc3c2)ccc1OC(C)C. The summed E-state index contributed by atoms with van der Waals surface area (Å²) in [5, 5.41) is 5.28. The Balaban J connectivity index is 1.81. The summed E-state index contributed by atoms with van der Waals surface area (Å²) in [6.45, 7) is 4.18. The molecule has 0 saturated heterocycles. The largest absolute Gasteiger partial charge is 0.493 e. The van der Waals surface area contributed by atoms with E-state index in [0.717, 1.165) is 16.3 Å². The lowest BCUT2D eigenvalue weighted by Gasteiger charge is -2.19. The van der Waals surface area contributed by atoms with E-state index in [1.54, 1.807) is 25.3 Å². The molecule has 0 fully saturated rings. The lowest BCUT2D eigenvalue weighted by Crippen LogP contribution is -2.33. The van der Waals surface area contributed by atoms with E-state index in [9.17, 15) is 4.79 Å². The van der Waals surface area contributed by atoms with Gasteiger partial charge in [0.2, 0.25) is 0 Å². The Kier molecular flexibility index (Phi) is 6.16. The molecule has 5 nitrogen and oxygen atoms in total. The number of carbonyl (C=O) groups excluding carboxylic acids is 1. The van der Waals surface area contributed by atoms with Crippen LogP contribution in [0.2, 0.25) is 0 Å². The van der Waals surface area contributed by atoms with Gasteiger partial charge in [0.05, 0.1) is 19.3 Å². The van der Waals surface area contributed by atoms with Crippen LogP contribution in [0.25, 0.3) is 10.8 Å². The summed E-state index contributed by atoms with van der Waals surface area (Å²) in [5.74, 6) is 0.924. The monoisotopic (exact) mass is 378 g/mol. The molecule has 0 aromatic heterocycles. The van der Waals surface area contributed by atoms with Crippen LogP contribution >= 0.6 is 0 Å². The molecule has 0 aliphatic carbocycles. The van der Waals surface area contributed by atoms with E-state index in [-0.39, 0.29) is 18.1 Å². The number of amides is 1. The molecular formula is C23H26N2O3. The molecule has 0 radical (unpaired) electrons. The van der Waals surface area contributed by atoms with E-state index < -0.39 is 0 Å². The van der Waals surface area contributed by atoms with Crippen molar-refractivity contribution in [3.63, 3.8) is 0 Å². The molecule has 0 spiro atoms. The molecular weight excluding hydrogens is 352 g/mol. The fourth-order valence-corrected chi connectivity index (χ4v) is 3.10. The molecule has 146 valence electrons. The Morgan fingerprint density at radius 3 is 2.43 bits per heavy atom. The second kappa shape index (κ2) is 8.76. The third-order valence-corrected chi connectivity index (χ3v) is 4.51. The summed E-state index contributed by atoms with van der Waals surface area (Å²) in [5.41, 5.74) is 7.42. The highest BCUT2D eigenvalue weighted by Crippen LogP contribution is 2.29. The summed E-state index contributed by atoms with van der Waals surface area (Å²) >= 11 is 0. The van der Waals surface area contributed by atoms with Gasteiger partial charge < -0.3 is 20.5 Å². The number of nitrogens with two attached hydrogens (primary N) is 1. The number of rotatable bonds is 7. The summed E-state index contributed by atoms with van der Waals surface area (Å²) in [6, 6.07) is 19.1. The van der Waals surface area contributed by atoms with Gasteiger partial charge in [-0.05, 0) is 54.4 Å². The zero-order valence-corrected chi connectivity index (χ0v) is 16.4. The van der Waals surface area contributed by atoms with Gasteiger partial charge in [-0.15, -0.1) is 0 Å². The molecule has 1 unspecified atom stereocenters. The van der Waals surface area contributed by atoms with Crippen molar-refractivity contribution in [2.24, 2.45) is 5.73 Å². The lowest BCUT2D eigenvalue weighted by molar-refractivity contribution is 0.0937. The van der Waals surface area contributed by atoms with Crippen molar-refractivity contribution in [2.45, 2.75) is 26.0 Å². The first kappa shape index (κ1) is 19.7. The van der Waals surface area contributed by atoms with E-state index in [0.29, 0.717) is 23.6 Å². The third kappa shape index (κ3) is 4.43. The van der Waals surface area contributed by atoms with E-state index in [2.05, 4.69) is 17.4 Å². The number of nitrogens with one attached hydrogen (secondary N) is 1. The average Bonchev–Trinajstić information content (AvgIpc) is 2.71. The number of ether oxygens (including phenoxy) is 2. The Labute approximate surface area is 165 Å². The number of benzene rings is 3. The zero-order chi connectivity index (χ0) is 20.1. The Hall–Kier alpha value is -3.05. The van der Waals surface area contributed by atoms with Crippen molar-refractivity contribution in [1.29, 1.82) is 0 Å². The smallest absolute Gasteiger partial charge is 0.251 e. The van der Waals surface area contributed by atoms with Crippen molar-refractivity contribution in [1.82, 2.24) is 5.32 Å². The maximum atomic E-state index is 12.8. The first-order chi connectivity index (χ1) is 13.5.